The molecule has 0 fully saturated rings. The Kier molecular flexibility index (Phi) is 5.89. The number of benzene rings is 1. The van der Waals surface area contributed by atoms with Crippen LogP contribution < -0.4 is 10.1 Å². The smallest absolute Gasteiger partial charge is 0.255 e. The Balaban J connectivity index is 1.75. The zero-order valence-electron chi connectivity index (χ0n) is 12.2. The normalized spacial score (nSPS) is 9.45. The Morgan fingerprint density at radius 3 is 2.95 bits per heavy atom. The van der Waals surface area contributed by atoms with Crippen LogP contribution in [0.25, 0.3) is 0 Å². The molecule has 0 atom stereocenters. The zero-order chi connectivity index (χ0) is 15.6. The summed E-state index contributed by atoms with van der Waals surface area (Å²) in [5.41, 5.74) is 1.56. The summed E-state index contributed by atoms with van der Waals surface area (Å²) in [5.74, 6) is 6.31. The zero-order valence-corrected chi connectivity index (χ0v) is 12.2. The average Bonchev–Trinajstić information content (AvgIpc) is 3.07. The van der Waals surface area contributed by atoms with Gasteiger partial charge in [-0.25, -0.2) is 0 Å². The van der Waals surface area contributed by atoms with E-state index >= 15 is 0 Å². The summed E-state index contributed by atoms with van der Waals surface area (Å²) in [6.07, 6.45) is 5.43. The van der Waals surface area contributed by atoms with Gasteiger partial charge in [0.2, 0.25) is 0 Å². The number of furan rings is 1. The first-order valence-electron chi connectivity index (χ1n) is 6.89. The Hall–Kier alpha value is -2.93. The van der Waals surface area contributed by atoms with E-state index in [2.05, 4.69) is 23.7 Å². The number of rotatable bonds is 6. The molecule has 4 heteroatoms. The lowest BCUT2D eigenvalue weighted by molar-refractivity contribution is 0.0958. The molecule has 0 saturated carbocycles. The van der Waals surface area contributed by atoms with Crippen LogP contribution in [0.15, 0.2) is 59.9 Å². The second-order valence-electron chi connectivity index (χ2n) is 4.44. The number of nitrogens with one attached hydrogen (secondary N) is 1. The van der Waals surface area contributed by atoms with Gasteiger partial charge in [0, 0.05) is 0 Å². The maximum atomic E-state index is 11.6. The standard InChI is InChI=1S/C18H17NO3/c1-2-7-15-8-3-4-9-17(15)22-12-6-5-11-19-18(20)16-10-13-21-14-16/h2-4,8-10,13-14H,1,7,11-12H2,(H,19,20). The van der Waals surface area contributed by atoms with Crippen LogP contribution in [0.5, 0.6) is 5.75 Å². The van der Waals surface area contributed by atoms with Crippen LogP contribution in [-0.4, -0.2) is 19.1 Å². The molecule has 0 bridgehead atoms. The lowest BCUT2D eigenvalue weighted by atomic mass is 10.1. The molecule has 1 N–H and O–H groups in total. The van der Waals surface area contributed by atoms with Crippen LogP contribution >= 0.6 is 0 Å². The molecule has 0 aliphatic heterocycles. The summed E-state index contributed by atoms with van der Waals surface area (Å²) < 4.78 is 10.5. The van der Waals surface area contributed by atoms with Crippen molar-refractivity contribution in [3.63, 3.8) is 0 Å². The van der Waals surface area contributed by atoms with Crippen molar-refractivity contribution in [2.45, 2.75) is 6.42 Å². The second-order valence-corrected chi connectivity index (χ2v) is 4.44. The van der Waals surface area contributed by atoms with Crippen molar-refractivity contribution in [1.82, 2.24) is 5.32 Å². The molecule has 1 aromatic heterocycles. The molecule has 112 valence electrons. The predicted molar refractivity (Wildman–Crippen MR) is 84.7 cm³/mol. The fourth-order valence-corrected chi connectivity index (χ4v) is 1.82. The topological polar surface area (TPSA) is 51.5 Å². The SMILES string of the molecule is C=CCc1ccccc1OCC#CCNC(=O)c1ccoc1. The summed E-state index contributed by atoms with van der Waals surface area (Å²) in [6, 6.07) is 9.38. The third-order valence-corrected chi connectivity index (χ3v) is 2.88. The van der Waals surface area contributed by atoms with Gasteiger partial charge in [0.05, 0.1) is 18.4 Å². The van der Waals surface area contributed by atoms with Crippen molar-refractivity contribution in [1.29, 1.82) is 0 Å². The number of allylic oxidation sites excluding steroid dienone is 1. The van der Waals surface area contributed by atoms with E-state index in [1.54, 1.807) is 6.07 Å². The second kappa shape index (κ2) is 8.38. The molecule has 0 unspecified atom stereocenters. The minimum atomic E-state index is -0.208. The molecule has 0 saturated heterocycles. The minimum Gasteiger partial charge on any atom is -0.481 e. The maximum Gasteiger partial charge on any atom is 0.255 e. The van der Waals surface area contributed by atoms with Gasteiger partial charge in [0.1, 0.15) is 18.6 Å². The van der Waals surface area contributed by atoms with Gasteiger partial charge in [-0.1, -0.05) is 36.1 Å². The van der Waals surface area contributed by atoms with Crippen molar-refractivity contribution < 1.29 is 13.9 Å². The van der Waals surface area contributed by atoms with Gasteiger partial charge >= 0.3 is 0 Å². The fourth-order valence-electron chi connectivity index (χ4n) is 1.82. The molecule has 0 aliphatic carbocycles. The molecule has 1 amide bonds. The van der Waals surface area contributed by atoms with Gasteiger partial charge in [0.15, 0.2) is 0 Å². The highest BCUT2D eigenvalue weighted by Crippen LogP contribution is 2.18. The van der Waals surface area contributed by atoms with Gasteiger partial charge in [-0.05, 0) is 24.1 Å². The first kappa shape index (κ1) is 15.5. The number of amides is 1. The Morgan fingerprint density at radius 2 is 2.18 bits per heavy atom. The lowest BCUT2D eigenvalue weighted by Gasteiger charge is -2.07. The average molecular weight is 295 g/mol. The molecule has 2 aromatic rings. The fraction of sp³-hybridized carbons (Fsp3) is 0.167. The summed E-state index contributed by atoms with van der Waals surface area (Å²) in [6.45, 7) is 4.26. The summed E-state index contributed by atoms with van der Waals surface area (Å²) in [5, 5.41) is 2.67. The highest BCUT2D eigenvalue weighted by Gasteiger charge is 2.04. The lowest BCUT2D eigenvalue weighted by Crippen LogP contribution is -2.23. The largest absolute Gasteiger partial charge is 0.481 e. The molecule has 2 rings (SSSR count). The summed E-state index contributed by atoms with van der Waals surface area (Å²) in [4.78, 5) is 11.6. The van der Waals surface area contributed by atoms with Crippen LogP contribution in [-0.2, 0) is 6.42 Å². The Bertz CT molecular complexity index is 678. The Morgan fingerprint density at radius 1 is 1.32 bits per heavy atom. The number of hydrogen-bond donors (Lipinski definition) is 1. The van der Waals surface area contributed by atoms with E-state index in [9.17, 15) is 4.79 Å². The quantitative estimate of drug-likeness (QED) is 0.658. The number of ether oxygens (including phenoxy) is 1. The highest BCUT2D eigenvalue weighted by atomic mass is 16.5. The summed E-state index contributed by atoms with van der Waals surface area (Å²) in [7, 11) is 0. The van der Waals surface area contributed by atoms with Crippen LogP contribution in [0.4, 0.5) is 0 Å². The molecule has 1 aromatic carbocycles. The van der Waals surface area contributed by atoms with Gasteiger partial charge in [0.25, 0.3) is 5.91 Å². The van der Waals surface area contributed by atoms with E-state index < -0.39 is 0 Å². The number of para-hydroxylation sites is 1. The van der Waals surface area contributed by atoms with Crippen LogP contribution in [0.1, 0.15) is 15.9 Å². The highest BCUT2D eigenvalue weighted by molar-refractivity contribution is 5.93. The first-order valence-corrected chi connectivity index (χ1v) is 6.89. The summed E-state index contributed by atoms with van der Waals surface area (Å²) >= 11 is 0. The first-order chi connectivity index (χ1) is 10.8. The van der Waals surface area contributed by atoms with E-state index in [1.807, 2.05) is 30.3 Å². The molecule has 1 heterocycles. The van der Waals surface area contributed by atoms with Crippen molar-refractivity contribution in [3.05, 3.63) is 66.6 Å². The Labute approximate surface area is 129 Å². The van der Waals surface area contributed by atoms with E-state index in [1.165, 1.54) is 12.5 Å². The maximum absolute atomic E-state index is 11.6. The van der Waals surface area contributed by atoms with Gasteiger partial charge < -0.3 is 14.5 Å². The van der Waals surface area contributed by atoms with Crippen molar-refractivity contribution in [2.24, 2.45) is 0 Å². The van der Waals surface area contributed by atoms with Crippen molar-refractivity contribution in [3.8, 4) is 17.6 Å². The van der Waals surface area contributed by atoms with Gasteiger partial charge in [-0.15, -0.1) is 6.58 Å². The van der Waals surface area contributed by atoms with Crippen LogP contribution in [0.3, 0.4) is 0 Å². The third kappa shape index (κ3) is 4.57. The molecular formula is C18H17NO3. The van der Waals surface area contributed by atoms with E-state index in [4.69, 9.17) is 9.15 Å². The molecule has 4 nitrogen and oxygen atoms in total. The molecular weight excluding hydrogens is 278 g/mol. The third-order valence-electron chi connectivity index (χ3n) is 2.88. The van der Waals surface area contributed by atoms with E-state index in [-0.39, 0.29) is 19.1 Å². The van der Waals surface area contributed by atoms with Crippen molar-refractivity contribution in [2.75, 3.05) is 13.2 Å². The molecule has 0 aliphatic rings. The van der Waals surface area contributed by atoms with Crippen LogP contribution in [0.2, 0.25) is 0 Å². The minimum absolute atomic E-state index is 0.208. The van der Waals surface area contributed by atoms with Gasteiger partial charge in [-0.2, -0.15) is 0 Å². The van der Waals surface area contributed by atoms with Gasteiger partial charge in [-0.3, -0.25) is 4.79 Å². The molecule has 0 radical (unpaired) electrons. The predicted octanol–water partition coefficient (Wildman–Crippen LogP) is 2.82. The van der Waals surface area contributed by atoms with E-state index in [0.29, 0.717) is 5.56 Å². The van der Waals surface area contributed by atoms with Crippen molar-refractivity contribution >= 4 is 5.91 Å². The number of carbonyl (C=O) groups excluding carboxylic acids is 1. The molecule has 22 heavy (non-hydrogen) atoms. The molecule has 0 spiro atoms. The monoisotopic (exact) mass is 295 g/mol. The van der Waals surface area contributed by atoms with E-state index in [0.717, 1.165) is 17.7 Å². The van der Waals surface area contributed by atoms with Crippen LogP contribution in [0, 0.1) is 11.8 Å². The number of hydrogen-bond acceptors (Lipinski definition) is 3. The number of carbonyl (C=O) groups is 1.